The molecule has 0 fully saturated rings. The first-order valence-electron chi connectivity index (χ1n) is 8.34. The minimum atomic E-state index is -0.101. The van der Waals surface area contributed by atoms with Gasteiger partial charge in [-0.3, -0.25) is 9.89 Å². The molecule has 0 saturated carbocycles. The van der Waals surface area contributed by atoms with Gasteiger partial charge in [-0.2, -0.15) is 5.10 Å². The molecule has 5 nitrogen and oxygen atoms in total. The van der Waals surface area contributed by atoms with Crippen molar-refractivity contribution in [3.8, 4) is 0 Å². The summed E-state index contributed by atoms with van der Waals surface area (Å²) in [6.45, 7) is 2.23. The van der Waals surface area contributed by atoms with Crippen LogP contribution in [0.3, 0.4) is 0 Å². The van der Waals surface area contributed by atoms with Crippen molar-refractivity contribution in [2.24, 2.45) is 0 Å². The van der Waals surface area contributed by atoms with Crippen LogP contribution in [-0.4, -0.2) is 29.2 Å². The number of aromatic amines is 1. The van der Waals surface area contributed by atoms with Gasteiger partial charge in [0.1, 0.15) is 0 Å². The number of nitrogens with zero attached hydrogens (tertiary/aromatic N) is 1. The molecule has 2 aromatic carbocycles. The lowest BCUT2D eigenvalue weighted by atomic mass is 10.0. The molecule has 4 rings (SSSR count). The minimum absolute atomic E-state index is 0.101. The second kappa shape index (κ2) is 6.45. The maximum atomic E-state index is 12.4. The highest BCUT2D eigenvalue weighted by molar-refractivity contribution is 5.94. The van der Waals surface area contributed by atoms with Gasteiger partial charge in [0.05, 0.1) is 0 Å². The van der Waals surface area contributed by atoms with Crippen molar-refractivity contribution in [3.63, 3.8) is 0 Å². The van der Waals surface area contributed by atoms with E-state index in [1.165, 1.54) is 16.3 Å². The predicted molar refractivity (Wildman–Crippen MR) is 94.0 cm³/mol. The van der Waals surface area contributed by atoms with E-state index in [1.54, 1.807) is 0 Å². The molecule has 5 heteroatoms. The first kappa shape index (κ1) is 14.9. The van der Waals surface area contributed by atoms with Crippen LogP contribution in [0, 0.1) is 0 Å². The molecule has 3 aromatic rings. The zero-order valence-corrected chi connectivity index (χ0v) is 13.4. The van der Waals surface area contributed by atoms with Crippen LogP contribution < -0.4 is 10.6 Å². The number of H-pyrrole nitrogens is 1. The molecule has 0 radical (unpaired) electrons. The number of hydrogen-bond donors (Lipinski definition) is 3. The Labute approximate surface area is 140 Å². The summed E-state index contributed by atoms with van der Waals surface area (Å²) in [6.07, 6.45) is 1.70. The summed E-state index contributed by atoms with van der Waals surface area (Å²) in [5, 5.41) is 15.9. The van der Waals surface area contributed by atoms with Crippen molar-refractivity contribution in [2.75, 3.05) is 13.1 Å². The van der Waals surface area contributed by atoms with Crippen LogP contribution in [0.1, 0.15) is 27.3 Å². The van der Waals surface area contributed by atoms with Crippen LogP contribution >= 0.6 is 0 Å². The number of rotatable bonds is 4. The lowest BCUT2D eigenvalue weighted by molar-refractivity contribution is 0.0948. The molecule has 1 aromatic heterocycles. The number of amides is 1. The number of hydrogen-bond acceptors (Lipinski definition) is 3. The van der Waals surface area contributed by atoms with Gasteiger partial charge in [-0.25, -0.2) is 0 Å². The fraction of sp³-hybridized carbons (Fsp3) is 0.263. The van der Waals surface area contributed by atoms with Crippen LogP contribution in [0.5, 0.6) is 0 Å². The van der Waals surface area contributed by atoms with E-state index in [0.717, 1.165) is 30.6 Å². The van der Waals surface area contributed by atoms with Crippen LogP contribution in [0.4, 0.5) is 0 Å². The van der Waals surface area contributed by atoms with Gasteiger partial charge in [-0.1, -0.05) is 42.5 Å². The lowest BCUT2D eigenvalue weighted by Crippen LogP contribution is -2.29. The van der Waals surface area contributed by atoms with E-state index in [0.29, 0.717) is 18.8 Å². The Morgan fingerprint density at radius 2 is 2.04 bits per heavy atom. The van der Waals surface area contributed by atoms with Gasteiger partial charge in [0, 0.05) is 37.3 Å². The summed E-state index contributed by atoms with van der Waals surface area (Å²) in [5.74, 6) is -0.101. The molecule has 3 N–H and O–H groups in total. The number of nitrogens with one attached hydrogen (secondary N) is 3. The fourth-order valence-corrected chi connectivity index (χ4v) is 3.32. The standard InChI is InChI=1S/C19H20N4O/c24-19(18-16-12-20-10-9-17(16)22-23-18)21-11-8-14-6-3-5-13-4-1-2-7-15(13)14/h1-7,20H,8-12H2,(H,21,24)(H,22,23). The van der Waals surface area contributed by atoms with Crippen molar-refractivity contribution < 1.29 is 4.79 Å². The third-order valence-corrected chi connectivity index (χ3v) is 4.58. The number of aromatic nitrogens is 2. The second-order valence-corrected chi connectivity index (χ2v) is 6.10. The van der Waals surface area contributed by atoms with E-state index in [2.05, 4.69) is 51.2 Å². The quantitative estimate of drug-likeness (QED) is 0.690. The predicted octanol–water partition coefficient (Wildman–Crippen LogP) is 2.18. The fourth-order valence-electron chi connectivity index (χ4n) is 3.32. The second-order valence-electron chi connectivity index (χ2n) is 6.10. The zero-order chi connectivity index (χ0) is 16.4. The van der Waals surface area contributed by atoms with E-state index < -0.39 is 0 Å². The Bertz CT molecular complexity index is 879. The number of carbonyl (C=O) groups excluding carboxylic acids is 1. The van der Waals surface area contributed by atoms with Crippen molar-refractivity contribution in [3.05, 3.63) is 65.0 Å². The minimum Gasteiger partial charge on any atom is -0.350 e. The molecule has 24 heavy (non-hydrogen) atoms. The van der Waals surface area contributed by atoms with Crippen molar-refractivity contribution in [1.29, 1.82) is 0 Å². The molecule has 2 heterocycles. The Balaban J connectivity index is 1.44. The summed E-state index contributed by atoms with van der Waals surface area (Å²) in [5.41, 5.74) is 3.85. The first-order valence-corrected chi connectivity index (χ1v) is 8.34. The average Bonchev–Trinajstić information content (AvgIpc) is 3.06. The van der Waals surface area contributed by atoms with E-state index in [1.807, 2.05) is 12.1 Å². The summed E-state index contributed by atoms with van der Waals surface area (Å²) in [4.78, 5) is 12.4. The molecular formula is C19H20N4O. The van der Waals surface area contributed by atoms with Gasteiger partial charge >= 0.3 is 0 Å². The smallest absolute Gasteiger partial charge is 0.272 e. The van der Waals surface area contributed by atoms with E-state index in [9.17, 15) is 4.79 Å². The van der Waals surface area contributed by atoms with Gasteiger partial charge < -0.3 is 10.6 Å². The van der Waals surface area contributed by atoms with Crippen molar-refractivity contribution in [1.82, 2.24) is 20.8 Å². The maximum absolute atomic E-state index is 12.4. The van der Waals surface area contributed by atoms with Crippen molar-refractivity contribution >= 4 is 16.7 Å². The van der Waals surface area contributed by atoms with Crippen LogP contribution in [0.15, 0.2) is 42.5 Å². The third kappa shape index (κ3) is 2.78. The van der Waals surface area contributed by atoms with E-state index in [-0.39, 0.29) is 5.91 Å². The number of fused-ring (bicyclic) bond motifs is 2. The Kier molecular flexibility index (Phi) is 4.01. The molecule has 1 aliphatic rings. The van der Waals surface area contributed by atoms with E-state index in [4.69, 9.17) is 0 Å². The largest absolute Gasteiger partial charge is 0.350 e. The Morgan fingerprint density at radius 3 is 3.00 bits per heavy atom. The van der Waals surface area contributed by atoms with Crippen molar-refractivity contribution in [2.45, 2.75) is 19.4 Å². The SMILES string of the molecule is O=C(NCCc1cccc2ccccc12)c1n[nH]c2c1CNCC2. The summed E-state index contributed by atoms with van der Waals surface area (Å²) in [6, 6.07) is 14.6. The molecule has 0 atom stereocenters. The number of benzene rings is 2. The van der Waals surface area contributed by atoms with Gasteiger partial charge in [0.2, 0.25) is 0 Å². The van der Waals surface area contributed by atoms with Gasteiger partial charge in [-0.05, 0) is 22.8 Å². The van der Waals surface area contributed by atoms with Gasteiger partial charge in [-0.15, -0.1) is 0 Å². The first-order chi connectivity index (χ1) is 11.8. The normalized spacial score (nSPS) is 13.7. The highest BCUT2D eigenvalue weighted by atomic mass is 16.1. The molecule has 0 spiro atoms. The summed E-state index contributed by atoms with van der Waals surface area (Å²) < 4.78 is 0. The zero-order valence-electron chi connectivity index (χ0n) is 13.4. The molecule has 122 valence electrons. The molecule has 0 aliphatic carbocycles. The molecule has 1 aliphatic heterocycles. The molecular weight excluding hydrogens is 300 g/mol. The Hall–Kier alpha value is -2.66. The third-order valence-electron chi connectivity index (χ3n) is 4.58. The topological polar surface area (TPSA) is 69.8 Å². The monoisotopic (exact) mass is 320 g/mol. The van der Waals surface area contributed by atoms with E-state index >= 15 is 0 Å². The maximum Gasteiger partial charge on any atom is 0.272 e. The van der Waals surface area contributed by atoms with Gasteiger partial charge in [0.15, 0.2) is 5.69 Å². The molecule has 0 saturated heterocycles. The number of carbonyl (C=O) groups is 1. The van der Waals surface area contributed by atoms with Crippen LogP contribution in [-0.2, 0) is 19.4 Å². The average molecular weight is 320 g/mol. The Morgan fingerprint density at radius 1 is 1.17 bits per heavy atom. The molecule has 1 amide bonds. The van der Waals surface area contributed by atoms with Gasteiger partial charge in [0.25, 0.3) is 5.91 Å². The summed E-state index contributed by atoms with van der Waals surface area (Å²) in [7, 11) is 0. The molecule has 0 bridgehead atoms. The van der Waals surface area contributed by atoms with Crippen LogP contribution in [0.25, 0.3) is 10.8 Å². The lowest BCUT2D eigenvalue weighted by Gasteiger charge is -2.13. The highest BCUT2D eigenvalue weighted by Gasteiger charge is 2.21. The summed E-state index contributed by atoms with van der Waals surface area (Å²) >= 11 is 0. The molecule has 0 unspecified atom stereocenters. The highest BCUT2D eigenvalue weighted by Crippen LogP contribution is 2.19. The van der Waals surface area contributed by atoms with Crippen LogP contribution in [0.2, 0.25) is 0 Å².